The number of hydrogen-bond donors (Lipinski definition) is 0. The summed E-state index contributed by atoms with van der Waals surface area (Å²) in [7, 11) is 0. The minimum absolute atomic E-state index is 0.754. The molecule has 0 heterocycles. The van der Waals surface area contributed by atoms with E-state index < -0.39 is 0.755 Å². The Morgan fingerprint density at radius 3 is 2.15 bits per heavy atom. The Kier molecular flexibility index (Phi) is 4.68. The van der Waals surface area contributed by atoms with Crippen molar-refractivity contribution in [3.63, 3.8) is 0 Å². The van der Waals surface area contributed by atoms with Gasteiger partial charge in [-0.25, -0.2) is 0 Å². The van der Waals surface area contributed by atoms with E-state index in [-0.39, 0.29) is 0 Å². The molecule has 0 atom stereocenters. The van der Waals surface area contributed by atoms with Crippen LogP contribution in [0.15, 0.2) is 24.3 Å². The van der Waals surface area contributed by atoms with Crippen molar-refractivity contribution < 1.29 is 4.74 Å². The van der Waals surface area contributed by atoms with Gasteiger partial charge in [0.25, 0.3) is 0 Å². The number of benzene rings is 1. The van der Waals surface area contributed by atoms with Gasteiger partial charge in [-0.3, -0.25) is 0 Å². The molecule has 0 unspecified atom stereocenters. The first-order valence-electron chi connectivity index (χ1n) is 4.77. The summed E-state index contributed by atoms with van der Waals surface area (Å²) >= 11 is 0.952. The Morgan fingerprint density at radius 2 is 1.77 bits per heavy atom. The fourth-order valence-electron chi connectivity index (χ4n) is 1.22. The van der Waals surface area contributed by atoms with E-state index >= 15 is 0 Å². The van der Waals surface area contributed by atoms with Crippen LogP contribution < -0.4 is 9.92 Å². The van der Waals surface area contributed by atoms with Crippen LogP contribution in [-0.2, 0) is 0 Å². The van der Waals surface area contributed by atoms with E-state index in [9.17, 15) is 0 Å². The normalized spacial score (nSPS) is 11.5. The van der Waals surface area contributed by atoms with Crippen LogP contribution in [0.3, 0.4) is 0 Å². The summed E-state index contributed by atoms with van der Waals surface area (Å²) in [6.07, 6.45) is 0. The summed E-state index contributed by atoms with van der Waals surface area (Å²) in [6, 6.07) is 8.67. The van der Waals surface area contributed by atoms with Crippen LogP contribution in [0.25, 0.3) is 0 Å². The molecule has 1 aromatic carbocycles. The van der Waals surface area contributed by atoms with Crippen LogP contribution in [0, 0.1) is 0 Å². The van der Waals surface area contributed by atoms with Gasteiger partial charge in [-0.1, -0.05) is 0 Å². The molecule has 66 valence electrons. The van der Waals surface area contributed by atoms with E-state index in [1.807, 2.05) is 6.92 Å². The molecular weight excluding hydrogens is 203 g/mol. The molecule has 1 nitrogen and oxygen atoms in total. The molecule has 0 aliphatic heterocycles. The zero-order valence-corrected chi connectivity index (χ0v) is 13.0. The van der Waals surface area contributed by atoms with Gasteiger partial charge < -0.3 is 0 Å². The van der Waals surface area contributed by atoms with E-state index in [0.717, 1.165) is 60.0 Å². The first-order chi connectivity index (χ1) is 6.04. The third-order valence-corrected chi connectivity index (χ3v) is 6.80. The molecule has 0 fully saturated rings. The van der Waals surface area contributed by atoms with Crippen molar-refractivity contribution in [1.29, 1.82) is 0 Å². The molecule has 13 heavy (non-hydrogen) atoms. The van der Waals surface area contributed by atoms with Crippen LogP contribution in [0.5, 0.6) is 5.75 Å². The first kappa shape index (κ1) is 11.9. The SMILES string of the molecule is CCOc1ccc([Si](C)(C)[K])cc1. The van der Waals surface area contributed by atoms with Crippen molar-refractivity contribution in [3.05, 3.63) is 24.3 Å². The molecule has 0 aliphatic rings. The van der Waals surface area contributed by atoms with Gasteiger partial charge in [0.15, 0.2) is 0 Å². The number of rotatable bonds is 3. The average Bonchev–Trinajstić information content (AvgIpc) is 2.04. The molecule has 1 rings (SSSR count). The topological polar surface area (TPSA) is 9.23 Å². The van der Waals surface area contributed by atoms with Crippen LogP contribution in [0.2, 0.25) is 13.1 Å². The number of ether oxygens (including phenoxy) is 1. The summed E-state index contributed by atoms with van der Waals surface area (Å²) in [5.74, 6) is 0.997. The van der Waals surface area contributed by atoms with Gasteiger partial charge >= 0.3 is 115 Å². The van der Waals surface area contributed by atoms with Crippen LogP contribution in [0.4, 0.5) is 0 Å². The quantitative estimate of drug-likeness (QED) is 0.701. The van der Waals surface area contributed by atoms with Gasteiger partial charge in [0.05, 0.1) is 0 Å². The standard InChI is InChI=1S/C10H15OSi.K/c1-4-11-9-5-7-10(8-6-9)12(2)3;/h5-8H,4H2,1-3H3;. The van der Waals surface area contributed by atoms with Crippen molar-refractivity contribution in [2.75, 3.05) is 6.61 Å². The Balaban J connectivity index is 2.81. The van der Waals surface area contributed by atoms with Crippen molar-refractivity contribution in [1.82, 2.24) is 0 Å². The molecule has 0 spiro atoms. The molecule has 1 aromatic rings. The molecule has 0 saturated heterocycles. The second kappa shape index (κ2) is 5.09. The Hall–Kier alpha value is 0.873. The maximum atomic E-state index is 5.40. The second-order valence-corrected chi connectivity index (χ2v) is 21.0. The van der Waals surface area contributed by atoms with E-state index in [4.69, 9.17) is 4.74 Å². The Labute approximate surface area is 113 Å². The van der Waals surface area contributed by atoms with Gasteiger partial charge in [0.2, 0.25) is 0 Å². The molecule has 0 amide bonds. The summed E-state index contributed by atoms with van der Waals surface area (Å²) in [6.45, 7) is 7.64. The molecule has 0 bridgehead atoms. The van der Waals surface area contributed by atoms with Crippen molar-refractivity contribution in [3.8, 4) is 5.75 Å². The zero-order chi connectivity index (χ0) is 9.90. The van der Waals surface area contributed by atoms with Crippen LogP contribution in [-0.4, -0.2) is 55.0 Å². The molecule has 0 N–H and O–H groups in total. The summed E-state index contributed by atoms with van der Waals surface area (Å²) in [4.78, 5) is 0. The molecule has 0 saturated carbocycles. The summed E-state index contributed by atoms with van der Waals surface area (Å²) in [5.41, 5.74) is 0. The van der Waals surface area contributed by atoms with E-state index in [1.165, 1.54) is 0 Å². The van der Waals surface area contributed by atoms with E-state index in [0.29, 0.717) is 0 Å². The zero-order valence-electron chi connectivity index (χ0n) is 8.92. The second-order valence-electron chi connectivity index (χ2n) is 4.21. The van der Waals surface area contributed by atoms with E-state index in [2.05, 4.69) is 37.4 Å². The molecular formula is C10H15KOSi. The van der Waals surface area contributed by atoms with Gasteiger partial charge in [0, 0.05) is 0 Å². The Bertz CT molecular complexity index is 263. The molecule has 3 heteroatoms. The third kappa shape index (κ3) is 3.85. The molecule has 0 radical (unpaired) electrons. The van der Waals surface area contributed by atoms with Crippen LogP contribution >= 0.6 is 0 Å². The van der Waals surface area contributed by atoms with Crippen molar-refractivity contribution in [2.45, 2.75) is 20.0 Å². The predicted octanol–water partition coefficient (Wildman–Crippen LogP) is 1.67. The Morgan fingerprint density at radius 1 is 1.23 bits per heavy atom. The summed E-state index contributed by atoms with van der Waals surface area (Å²) in [5, 5.41) is 1.57. The monoisotopic (exact) mass is 218 g/mol. The van der Waals surface area contributed by atoms with E-state index in [1.54, 1.807) is 5.19 Å². The van der Waals surface area contributed by atoms with Gasteiger partial charge in [-0.05, 0) is 0 Å². The fraction of sp³-hybridized carbons (Fsp3) is 0.400. The maximum absolute atomic E-state index is 5.40. The fourth-order valence-corrected chi connectivity index (χ4v) is 3.95. The first-order valence-corrected chi connectivity index (χ1v) is 13.0. The molecule has 0 aromatic heterocycles. The van der Waals surface area contributed by atoms with Gasteiger partial charge in [0.1, 0.15) is 0 Å². The van der Waals surface area contributed by atoms with Crippen LogP contribution in [0.1, 0.15) is 6.92 Å². The number of hydrogen-bond acceptors (Lipinski definition) is 1. The van der Waals surface area contributed by atoms with Crippen molar-refractivity contribution in [2.24, 2.45) is 0 Å². The van der Waals surface area contributed by atoms with Crippen molar-refractivity contribution >= 4 is 53.6 Å². The summed E-state index contributed by atoms with van der Waals surface area (Å²) < 4.78 is 4.46. The van der Waals surface area contributed by atoms with Gasteiger partial charge in [-0.15, -0.1) is 0 Å². The molecule has 0 aliphatic carbocycles. The predicted molar refractivity (Wildman–Crippen MR) is 60.5 cm³/mol. The van der Waals surface area contributed by atoms with Gasteiger partial charge in [-0.2, -0.15) is 0 Å². The third-order valence-electron chi connectivity index (χ3n) is 2.03. The average molecular weight is 218 g/mol. The minimum atomic E-state index is -0.947.